The fourth-order valence-corrected chi connectivity index (χ4v) is 6.00. The average Bonchev–Trinajstić information content (AvgIpc) is 3.55. The zero-order chi connectivity index (χ0) is 32.4. The lowest BCUT2D eigenvalue weighted by molar-refractivity contribution is -0.250. The minimum atomic E-state index is -5.15. The van der Waals surface area contributed by atoms with Crippen molar-refractivity contribution in [2.45, 2.75) is 83.8 Å². The normalized spacial score (nSPS) is 18.7. The second-order valence-corrected chi connectivity index (χ2v) is 12.6. The summed E-state index contributed by atoms with van der Waals surface area (Å²) < 4.78 is 47.3. The summed E-state index contributed by atoms with van der Waals surface area (Å²) in [5.74, 6) is -1.44. The second-order valence-electron chi connectivity index (χ2n) is 12.6. The van der Waals surface area contributed by atoms with E-state index in [1.54, 1.807) is 44.7 Å². The van der Waals surface area contributed by atoms with Crippen molar-refractivity contribution in [3.8, 4) is 11.1 Å². The Balaban J connectivity index is 1.62. The number of carbonyl (C=O) groups is 3. The van der Waals surface area contributed by atoms with Gasteiger partial charge in [-0.3, -0.25) is 4.79 Å². The topological polar surface area (TPSA) is 125 Å². The van der Waals surface area contributed by atoms with Gasteiger partial charge < -0.3 is 24.7 Å². The predicted octanol–water partition coefficient (Wildman–Crippen LogP) is 5.81. The highest BCUT2D eigenvalue weighted by Crippen LogP contribution is 2.41. The molecule has 44 heavy (non-hydrogen) atoms. The van der Waals surface area contributed by atoms with Gasteiger partial charge in [0, 0.05) is 43.0 Å². The number of rotatable bonds is 3. The molecule has 1 saturated heterocycles. The van der Waals surface area contributed by atoms with Gasteiger partial charge >= 0.3 is 18.4 Å². The van der Waals surface area contributed by atoms with E-state index in [1.807, 2.05) is 6.07 Å². The molecule has 0 aliphatic carbocycles. The van der Waals surface area contributed by atoms with Crippen molar-refractivity contribution < 1.29 is 42.5 Å². The number of likely N-dealkylation sites (tertiary alicyclic amines) is 1. The number of hydrogen-bond acceptors (Lipinski definition) is 6. The number of aryl methyl sites for hydroxylation is 1. The van der Waals surface area contributed by atoms with E-state index in [4.69, 9.17) is 4.74 Å². The third-order valence-electron chi connectivity index (χ3n) is 8.25. The maximum atomic E-state index is 13.5. The van der Waals surface area contributed by atoms with Gasteiger partial charge in [-0.1, -0.05) is 0 Å². The van der Waals surface area contributed by atoms with Gasteiger partial charge in [0.05, 0.1) is 6.04 Å². The van der Waals surface area contributed by atoms with Crippen LogP contribution in [-0.2, 0) is 22.5 Å². The molecule has 236 valence electrons. The van der Waals surface area contributed by atoms with Crippen molar-refractivity contribution in [3.63, 3.8) is 0 Å². The van der Waals surface area contributed by atoms with Crippen LogP contribution in [-0.4, -0.2) is 78.1 Å². The minimum absolute atomic E-state index is 0.0427. The van der Waals surface area contributed by atoms with Gasteiger partial charge in [-0.05, 0) is 99.9 Å². The van der Waals surface area contributed by atoms with Crippen molar-refractivity contribution in [2.24, 2.45) is 0 Å². The minimum Gasteiger partial charge on any atom is -0.464 e. The summed E-state index contributed by atoms with van der Waals surface area (Å²) >= 11 is 0. The second kappa shape index (κ2) is 10.8. The van der Waals surface area contributed by atoms with Gasteiger partial charge in [0.15, 0.2) is 0 Å². The van der Waals surface area contributed by atoms with Crippen LogP contribution in [0.1, 0.15) is 68.8 Å². The molecule has 0 saturated carbocycles. The third kappa shape index (κ3) is 5.60. The molecule has 0 bridgehead atoms. The first-order chi connectivity index (χ1) is 20.4. The predicted molar refractivity (Wildman–Crippen MR) is 154 cm³/mol. The van der Waals surface area contributed by atoms with Crippen molar-refractivity contribution in [1.82, 2.24) is 19.4 Å². The zero-order valence-corrected chi connectivity index (χ0v) is 25.2. The molecule has 4 heterocycles. The number of carbonyl (C=O) groups excluding carboxylic acids is 2. The lowest BCUT2D eigenvalue weighted by atomic mass is 9.86. The number of fused-ring (bicyclic) bond motifs is 2. The quantitative estimate of drug-likeness (QED) is 0.381. The number of halogens is 3. The number of carboxylic acid groups (broad SMARTS) is 1. The summed E-state index contributed by atoms with van der Waals surface area (Å²) in [5.41, 5.74) is 0.168. The molecule has 2 aromatic heterocycles. The van der Waals surface area contributed by atoms with Crippen molar-refractivity contribution in [1.29, 1.82) is 0 Å². The van der Waals surface area contributed by atoms with Gasteiger partial charge in [-0.2, -0.15) is 13.2 Å². The number of aliphatic hydroxyl groups is 1. The summed E-state index contributed by atoms with van der Waals surface area (Å²) in [6.45, 7) is 7.81. The first-order valence-corrected chi connectivity index (χ1v) is 14.3. The summed E-state index contributed by atoms with van der Waals surface area (Å²) in [5, 5.41) is 20.3. The number of nitrogens with zero attached hydrogens (tertiary/aromatic N) is 4. The van der Waals surface area contributed by atoms with Crippen LogP contribution in [0.4, 0.5) is 22.8 Å². The molecule has 1 fully saturated rings. The lowest BCUT2D eigenvalue weighted by Gasteiger charge is -2.37. The van der Waals surface area contributed by atoms with Crippen LogP contribution < -0.4 is 0 Å². The standard InChI is InChI=1S/C31H35F3N4O6/c1-17-15-38(27(40)41)25-22(17)13-19(14-35-25)18-11-20-16-36(26(39)30(5,43)31(32,33)34)10-8-21(20)23(12-18)24-7-6-9-37(24)28(42)44-29(2,3)4/h11-15,24,43H,6-10,16H2,1-5H3,(H,40,41)/t24-,30+/m0/s1. The molecule has 0 radical (unpaired) electrons. The molecule has 1 aromatic carbocycles. The molecule has 2 amide bonds. The van der Waals surface area contributed by atoms with E-state index in [9.17, 15) is 37.8 Å². The number of benzene rings is 1. The molecular weight excluding hydrogens is 581 g/mol. The monoisotopic (exact) mass is 616 g/mol. The molecule has 3 aromatic rings. The SMILES string of the molecule is Cc1cn(C(=O)O)c2ncc(-c3cc4c(c([C@@H]5CCCN5C(=O)OC(C)(C)C)c3)CCN(C(=O)[C@@](C)(O)C(F)(F)F)C4)cc12. The molecule has 2 aliphatic heterocycles. The molecule has 0 spiro atoms. The fourth-order valence-electron chi connectivity index (χ4n) is 6.00. The van der Waals surface area contributed by atoms with Gasteiger partial charge in [-0.25, -0.2) is 19.1 Å². The Hall–Kier alpha value is -4.13. The van der Waals surface area contributed by atoms with E-state index in [1.165, 1.54) is 12.4 Å². The number of alkyl halides is 3. The number of pyridine rings is 1. The first-order valence-electron chi connectivity index (χ1n) is 14.3. The van der Waals surface area contributed by atoms with E-state index < -0.39 is 35.5 Å². The average molecular weight is 617 g/mol. The summed E-state index contributed by atoms with van der Waals surface area (Å²) in [7, 11) is 0. The molecule has 0 unspecified atom stereocenters. The number of amides is 2. The molecule has 2 N–H and O–H groups in total. The van der Waals surface area contributed by atoms with E-state index in [-0.39, 0.29) is 31.2 Å². The van der Waals surface area contributed by atoms with Crippen LogP contribution >= 0.6 is 0 Å². The Morgan fingerprint density at radius 2 is 1.75 bits per heavy atom. The molecule has 5 rings (SSSR count). The van der Waals surface area contributed by atoms with E-state index in [2.05, 4.69) is 4.98 Å². The maximum absolute atomic E-state index is 13.5. The first kappa shape index (κ1) is 31.3. The van der Waals surface area contributed by atoms with Crippen molar-refractivity contribution in [3.05, 3.63) is 52.8 Å². The van der Waals surface area contributed by atoms with Crippen LogP contribution in [0, 0.1) is 6.92 Å². The summed E-state index contributed by atoms with van der Waals surface area (Å²) in [6, 6.07) is 5.13. The Bertz CT molecular complexity index is 1660. The van der Waals surface area contributed by atoms with E-state index >= 15 is 0 Å². The largest absolute Gasteiger partial charge is 0.464 e. The number of hydrogen-bond donors (Lipinski definition) is 2. The molecule has 10 nitrogen and oxygen atoms in total. The van der Waals surface area contributed by atoms with Crippen LogP contribution in [0.2, 0.25) is 0 Å². The van der Waals surface area contributed by atoms with E-state index in [0.717, 1.165) is 27.0 Å². The fraction of sp³-hybridized carbons (Fsp3) is 0.484. The number of aromatic nitrogens is 2. The molecule has 2 aliphatic rings. The van der Waals surface area contributed by atoms with Gasteiger partial charge in [0.2, 0.25) is 5.60 Å². The lowest BCUT2D eigenvalue weighted by Crippen LogP contribution is -2.56. The number of ether oxygens (including phenoxy) is 1. The zero-order valence-electron chi connectivity index (χ0n) is 25.2. The van der Waals surface area contributed by atoms with Crippen LogP contribution in [0.3, 0.4) is 0 Å². The molecule has 13 heteroatoms. The van der Waals surface area contributed by atoms with Crippen molar-refractivity contribution in [2.75, 3.05) is 13.1 Å². The van der Waals surface area contributed by atoms with Crippen molar-refractivity contribution >= 4 is 29.1 Å². The Labute approximate surface area is 252 Å². The highest BCUT2D eigenvalue weighted by atomic mass is 19.4. The smallest absolute Gasteiger partial charge is 0.426 e. The van der Waals surface area contributed by atoms with Gasteiger partial charge in [0.25, 0.3) is 5.91 Å². The summed E-state index contributed by atoms with van der Waals surface area (Å²) in [6.07, 6.45) is -2.23. The van der Waals surface area contributed by atoms with Crippen LogP contribution in [0.15, 0.2) is 30.6 Å². The van der Waals surface area contributed by atoms with Gasteiger partial charge in [0.1, 0.15) is 11.2 Å². The van der Waals surface area contributed by atoms with Crippen LogP contribution in [0.5, 0.6) is 0 Å². The van der Waals surface area contributed by atoms with Gasteiger partial charge in [-0.15, -0.1) is 0 Å². The Morgan fingerprint density at radius 3 is 2.39 bits per heavy atom. The maximum Gasteiger partial charge on any atom is 0.426 e. The highest BCUT2D eigenvalue weighted by molar-refractivity contribution is 5.91. The molecular formula is C31H35F3N4O6. The van der Waals surface area contributed by atoms with E-state index in [0.29, 0.717) is 47.5 Å². The highest BCUT2D eigenvalue weighted by Gasteiger charge is 2.57. The summed E-state index contributed by atoms with van der Waals surface area (Å²) in [4.78, 5) is 44.9. The third-order valence-corrected chi connectivity index (χ3v) is 8.25. The Kier molecular flexibility index (Phi) is 7.68. The molecule has 2 atom stereocenters. The van der Waals surface area contributed by atoms with Crippen LogP contribution in [0.25, 0.3) is 22.2 Å². The Morgan fingerprint density at radius 1 is 1.05 bits per heavy atom.